The average molecular weight is 374 g/mol. The summed E-state index contributed by atoms with van der Waals surface area (Å²) in [5, 5.41) is 3.08. The molecule has 0 amide bonds. The van der Waals surface area contributed by atoms with Crippen molar-refractivity contribution in [3.8, 4) is 0 Å². The summed E-state index contributed by atoms with van der Waals surface area (Å²) in [6, 6.07) is 8.39. The van der Waals surface area contributed by atoms with Gasteiger partial charge in [-0.25, -0.2) is 4.39 Å². The zero-order valence-corrected chi connectivity index (χ0v) is 18.7. The molecule has 0 radical (unpaired) electrons. The van der Waals surface area contributed by atoms with Crippen molar-refractivity contribution in [2.75, 3.05) is 13.1 Å². The van der Waals surface area contributed by atoms with E-state index in [0.29, 0.717) is 12.5 Å². The molecule has 1 nitrogen and oxygen atoms in total. The van der Waals surface area contributed by atoms with Crippen LogP contribution in [-0.4, -0.2) is 18.8 Å². The third-order valence-corrected chi connectivity index (χ3v) is 5.09. The van der Waals surface area contributed by atoms with E-state index in [1.807, 2.05) is 40.7 Å². The van der Waals surface area contributed by atoms with Crippen molar-refractivity contribution in [2.45, 2.75) is 61.1 Å². The summed E-state index contributed by atoms with van der Waals surface area (Å²) in [5.74, 6) is 0.650. The predicted octanol–water partition coefficient (Wildman–Crippen LogP) is 7.15. The molecule has 3 atom stereocenters. The lowest BCUT2D eigenvalue weighted by molar-refractivity contribution is 0.0480. The number of nitrogens with one attached hydrogen (secondary N) is 1. The quantitative estimate of drug-likeness (QED) is 0.555. The first-order valence-electron chi connectivity index (χ1n) is 10.1. The second-order valence-corrected chi connectivity index (χ2v) is 7.38. The van der Waals surface area contributed by atoms with Gasteiger partial charge in [0.25, 0.3) is 0 Å². The molecule has 0 saturated carbocycles. The van der Waals surface area contributed by atoms with Crippen molar-refractivity contribution >= 4 is 5.57 Å². The van der Waals surface area contributed by atoms with Gasteiger partial charge >= 0.3 is 0 Å². The number of rotatable bonds is 3. The Hall–Kier alpha value is -1.67. The monoisotopic (exact) mass is 373 g/mol. The number of halogens is 1. The summed E-state index contributed by atoms with van der Waals surface area (Å²) in [4.78, 5) is 0. The van der Waals surface area contributed by atoms with Crippen LogP contribution in [0.5, 0.6) is 0 Å². The van der Waals surface area contributed by atoms with Gasteiger partial charge in [0.05, 0.1) is 0 Å². The fraction of sp³-hybridized carbons (Fsp3) is 0.520. The summed E-state index contributed by atoms with van der Waals surface area (Å²) in [7, 11) is 0. The number of allylic oxidation sites excluding steroid dienone is 5. The Morgan fingerprint density at radius 2 is 1.85 bits per heavy atom. The standard InChI is InChI=1S/C15H18.C8H16FN.C2H6/c1-5-6-10-14(12(2)3)15-11-8-7-9-13(15)4;1-6-4-10-5-8(3,9)7(6)2;1-2/h5-11H,2H2,1,3-4H3;6-7,10H,4-5H2,1-3H3;1-2H3/b6-5-,14-10+;;/t;6-,7+,8?;/m.0./s1. The normalized spacial score (nSPS) is 25.1. The first kappa shape index (κ1) is 25.3. The smallest absolute Gasteiger partial charge is 0.123 e. The first-order chi connectivity index (χ1) is 12.7. The summed E-state index contributed by atoms with van der Waals surface area (Å²) < 4.78 is 13.5. The Bertz CT molecular complexity index is 625. The summed E-state index contributed by atoms with van der Waals surface area (Å²) in [6.07, 6.45) is 6.20. The third kappa shape index (κ3) is 8.26. The summed E-state index contributed by atoms with van der Waals surface area (Å²) >= 11 is 0. The second-order valence-electron chi connectivity index (χ2n) is 7.38. The zero-order valence-electron chi connectivity index (χ0n) is 18.7. The molecule has 1 aromatic rings. The number of aryl methyl sites for hydroxylation is 1. The van der Waals surface area contributed by atoms with Gasteiger partial charge in [0.15, 0.2) is 0 Å². The number of hydrogen-bond donors (Lipinski definition) is 1. The van der Waals surface area contributed by atoms with E-state index in [-0.39, 0.29) is 5.92 Å². The van der Waals surface area contributed by atoms with Gasteiger partial charge in [0.1, 0.15) is 5.67 Å². The number of hydrogen-bond acceptors (Lipinski definition) is 1. The Morgan fingerprint density at radius 3 is 2.30 bits per heavy atom. The highest BCUT2D eigenvalue weighted by Gasteiger charge is 2.37. The molecule has 27 heavy (non-hydrogen) atoms. The van der Waals surface area contributed by atoms with Crippen LogP contribution in [0.3, 0.4) is 0 Å². The Balaban J connectivity index is 0.000000488. The Labute approximate surface area is 167 Å². The lowest BCUT2D eigenvalue weighted by Gasteiger charge is -2.37. The van der Waals surface area contributed by atoms with Crippen LogP contribution >= 0.6 is 0 Å². The lowest BCUT2D eigenvalue weighted by atomic mass is 9.80. The highest BCUT2D eigenvalue weighted by atomic mass is 19.1. The van der Waals surface area contributed by atoms with Gasteiger partial charge < -0.3 is 5.32 Å². The average Bonchev–Trinajstić information content (AvgIpc) is 2.63. The molecular formula is C25H40FN. The Kier molecular flexibility index (Phi) is 11.9. The van der Waals surface area contributed by atoms with Crippen LogP contribution in [0.1, 0.15) is 59.6 Å². The molecule has 1 aliphatic heterocycles. The molecule has 0 aliphatic carbocycles. The largest absolute Gasteiger partial charge is 0.313 e. The van der Waals surface area contributed by atoms with E-state index in [1.54, 1.807) is 6.92 Å². The first-order valence-corrected chi connectivity index (χ1v) is 10.1. The van der Waals surface area contributed by atoms with Gasteiger partial charge in [-0.05, 0) is 62.8 Å². The molecule has 0 aromatic heterocycles. The van der Waals surface area contributed by atoms with Crippen molar-refractivity contribution in [3.63, 3.8) is 0 Å². The number of alkyl halides is 1. The van der Waals surface area contributed by atoms with E-state index < -0.39 is 5.67 Å². The summed E-state index contributed by atoms with van der Waals surface area (Å²) in [6.45, 7) is 21.4. The van der Waals surface area contributed by atoms with Gasteiger partial charge in [-0.15, -0.1) is 0 Å². The van der Waals surface area contributed by atoms with Crippen molar-refractivity contribution < 1.29 is 4.39 Å². The van der Waals surface area contributed by atoms with Crippen molar-refractivity contribution in [1.82, 2.24) is 5.32 Å². The van der Waals surface area contributed by atoms with Crippen molar-refractivity contribution in [1.29, 1.82) is 0 Å². The zero-order chi connectivity index (χ0) is 21.0. The minimum Gasteiger partial charge on any atom is -0.313 e. The topological polar surface area (TPSA) is 12.0 Å². The van der Waals surface area contributed by atoms with E-state index in [0.717, 1.165) is 12.1 Å². The molecule has 1 N–H and O–H groups in total. The molecule has 1 saturated heterocycles. The highest BCUT2D eigenvalue weighted by molar-refractivity contribution is 5.80. The van der Waals surface area contributed by atoms with E-state index in [4.69, 9.17) is 0 Å². The van der Waals surface area contributed by atoms with Crippen molar-refractivity contribution in [2.24, 2.45) is 11.8 Å². The highest BCUT2D eigenvalue weighted by Crippen LogP contribution is 2.30. The molecule has 1 unspecified atom stereocenters. The van der Waals surface area contributed by atoms with Crippen LogP contribution in [0, 0.1) is 18.8 Å². The van der Waals surface area contributed by atoms with Gasteiger partial charge in [-0.1, -0.05) is 82.3 Å². The van der Waals surface area contributed by atoms with E-state index >= 15 is 0 Å². The molecule has 1 fully saturated rings. The van der Waals surface area contributed by atoms with Crippen LogP contribution in [0.2, 0.25) is 0 Å². The molecule has 0 bridgehead atoms. The van der Waals surface area contributed by atoms with Gasteiger partial charge in [0.2, 0.25) is 0 Å². The molecule has 0 spiro atoms. The summed E-state index contributed by atoms with van der Waals surface area (Å²) in [5.41, 5.74) is 3.87. The maximum absolute atomic E-state index is 13.5. The van der Waals surface area contributed by atoms with E-state index in [9.17, 15) is 4.39 Å². The van der Waals surface area contributed by atoms with Gasteiger partial charge in [-0.3, -0.25) is 0 Å². The van der Waals surface area contributed by atoms with Crippen LogP contribution < -0.4 is 5.32 Å². The molecule has 152 valence electrons. The lowest BCUT2D eigenvalue weighted by Crippen LogP contribution is -2.50. The maximum Gasteiger partial charge on any atom is 0.123 e. The van der Waals surface area contributed by atoms with E-state index in [2.05, 4.69) is 62.2 Å². The maximum atomic E-state index is 13.5. The fourth-order valence-electron chi connectivity index (χ4n) is 3.00. The fourth-order valence-corrected chi connectivity index (χ4v) is 3.00. The molecule has 1 heterocycles. The molecule has 1 aliphatic rings. The molecular weight excluding hydrogens is 333 g/mol. The minimum atomic E-state index is -1.00. The van der Waals surface area contributed by atoms with Crippen LogP contribution in [-0.2, 0) is 0 Å². The number of piperidine rings is 1. The second kappa shape index (κ2) is 12.7. The minimum absolute atomic E-state index is 0.189. The van der Waals surface area contributed by atoms with Crippen LogP contribution in [0.4, 0.5) is 4.39 Å². The third-order valence-electron chi connectivity index (χ3n) is 5.09. The van der Waals surface area contributed by atoms with E-state index in [1.165, 1.54) is 16.7 Å². The molecule has 2 rings (SSSR count). The Morgan fingerprint density at radius 1 is 1.26 bits per heavy atom. The van der Waals surface area contributed by atoms with Crippen molar-refractivity contribution in [3.05, 3.63) is 65.8 Å². The van der Waals surface area contributed by atoms with Crippen LogP contribution in [0.15, 0.2) is 54.6 Å². The predicted molar refractivity (Wildman–Crippen MR) is 121 cm³/mol. The molecule has 2 heteroatoms. The molecule has 1 aromatic carbocycles. The SMILES string of the molecule is C=C(C)/C(=C\C=C/C)c1ccccc1C.CC.C[C@@H]1[C@@H](C)CNCC1(C)F. The van der Waals surface area contributed by atoms with Crippen LogP contribution in [0.25, 0.3) is 5.57 Å². The van der Waals surface area contributed by atoms with Gasteiger partial charge in [-0.2, -0.15) is 0 Å². The number of benzene rings is 1. The van der Waals surface area contributed by atoms with Gasteiger partial charge in [0, 0.05) is 6.54 Å².